The molecule has 3 nitrogen and oxygen atoms in total. The highest BCUT2D eigenvalue weighted by molar-refractivity contribution is 4.64. The first-order valence-electron chi connectivity index (χ1n) is 7.11. The number of nitrogens with two attached hydrogens (primary N) is 1. The van der Waals surface area contributed by atoms with Gasteiger partial charge in [-0.25, -0.2) is 0 Å². The van der Waals surface area contributed by atoms with Crippen molar-refractivity contribution in [2.45, 2.75) is 67.5 Å². The molecule has 1 aliphatic heterocycles. The Bertz CT molecular complexity index is 108. The number of hydrogen-bond acceptors (Lipinski definition) is 3. The molecule has 0 radical (unpaired) electrons. The number of ether oxygens (including phenoxy) is 1. The monoisotopic (exact) mass is 248 g/mol. The molecular weight excluding hydrogens is 212 g/mol. The highest BCUT2D eigenvalue weighted by Gasteiger charge is 2.11. The summed E-state index contributed by atoms with van der Waals surface area (Å²) < 4.78 is 5.21. The average Bonchev–Trinajstić information content (AvgIpc) is 2.34. The highest BCUT2D eigenvalue weighted by atomic mass is 16.5. The highest BCUT2D eigenvalue weighted by Crippen LogP contribution is 2.01. The Hall–Kier alpha value is -0.120. The molecule has 1 fully saturated rings. The van der Waals surface area contributed by atoms with Crippen LogP contribution in [0.3, 0.4) is 0 Å². The predicted octanol–water partition coefficient (Wildman–Crippen LogP) is 3.13. The van der Waals surface area contributed by atoms with Crippen molar-refractivity contribution in [2.24, 2.45) is 5.73 Å². The summed E-state index contributed by atoms with van der Waals surface area (Å²) in [5.41, 5.74) is 5.11. The Morgan fingerprint density at radius 1 is 0.882 bits per heavy atom. The minimum absolute atomic E-state index is 0.333. The fourth-order valence-corrected chi connectivity index (χ4v) is 1.09. The van der Waals surface area contributed by atoms with Crippen molar-refractivity contribution in [3.05, 3.63) is 0 Å². The number of morpholine rings is 1. The quantitative estimate of drug-likeness (QED) is 0.775. The second-order valence-corrected chi connectivity index (χ2v) is 3.99. The van der Waals surface area contributed by atoms with Gasteiger partial charge in [0, 0.05) is 19.1 Å². The lowest BCUT2D eigenvalue weighted by molar-refractivity contribution is 0.0238. The van der Waals surface area contributed by atoms with Gasteiger partial charge in [-0.05, 0) is 19.9 Å². The largest absolute Gasteiger partial charge is 0.379 e. The van der Waals surface area contributed by atoms with E-state index in [9.17, 15) is 0 Å². The van der Waals surface area contributed by atoms with Gasteiger partial charge in [-0.2, -0.15) is 0 Å². The van der Waals surface area contributed by atoms with Crippen LogP contribution < -0.4 is 5.73 Å². The van der Waals surface area contributed by atoms with Crippen LogP contribution in [-0.4, -0.2) is 43.3 Å². The lowest BCUT2D eigenvalue weighted by Crippen LogP contribution is -2.40. The van der Waals surface area contributed by atoms with Crippen molar-refractivity contribution >= 4 is 0 Å². The van der Waals surface area contributed by atoms with Crippen LogP contribution in [0.25, 0.3) is 0 Å². The second kappa shape index (κ2) is 18.3. The Morgan fingerprint density at radius 2 is 1.18 bits per heavy atom. The van der Waals surface area contributed by atoms with Gasteiger partial charge in [0.05, 0.1) is 13.2 Å². The number of nitrogens with zero attached hydrogens (tertiary/aromatic N) is 1. The maximum atomic E-state index is 5.21. The molecule has 1 heterocycles. The molecule has 0 aliphatic carbocycles. The summed E-state index contributed by atoms with van der Waals surface area (Å²) in [7, 11) is 0. The third-order valence-corrected chi connectivity index (χ3v) is 1.78. The van der Waals surface area contributed by atoms with Gasteiger partial charge >= 0.3 is 0 Å². The third-order valence-electron chi connectivity index (χ3n) is 1.78. The molecule has 17 heavy (non-hydrogen) atoms. The van der Waals surface area contributed by atoms with E-state index in [1.54, 1.807) is 0 Å². The average molecular weight is 248 g/mol. The fourth-order valence-electron chi connectivity index (χ4n) is 1.09. The first kappa shape index (κ1) is 22.1. The van der Waals surface area contributed by atoms with Crippen LogP contribution >= 0.6 is 0 Å². The SMILES string of the molecule is CC.CC.CC(C)N.CC(C)N1CCOCC1. The molecule has 0 amide bonds. The Balaban J connectivity index is -0.000000208. The lowest BCUT2D eigenvalue weighted by atomic mass is 10.3. The fraction of sp³-hybridized carbons (Fsp3) is 1.00. The van der Waals surface area contributed by atoms with Gasteiger partial charge in [0.2, 0.25) is 0 Å². The summed E-state index contributed by atoms with van der Waals surface area (Å²) in [5.74, 6) is 0. The molecule has 0 unspecified atom stereocenters. The predicted molar refractivity (Wildman–Crippen MR) is 79.5 cm³/mol. The molecule has 0 aromatic carbocycles. The van der Waals surface area contributed by atoms with E-state index < -0.39 is 0 Å². The van der Waals surface area contributed by atoms with Gasteiger partial charge in [-0.15, -0.1) is 0 Å². The van der Waals surface area contributed by atoms with Crippen LogP contribution in [0.5, 0.6) is 0 Å². The maximum absolute atomic E-state index is 5.21. The molecule has 0 spiro atoms. The summed E-state index contributed by atoms with van der Waals surface area (Å²) in [6.45, 7) is 20.4. The minimum Gasteiger partial charge on any atom is -0.379 e. The number of hydrogen-bond donors (Lipinski definition) is 1. The van der Waals surface area contributed by atoms with E-state index in [4.69, 9.17) is 10.5 Å². The Morgan fingerprint density at radius 3 is 1.35 bits per heavy atom. The van der Waals surface area contributed by atoms with Crippen LogP contribution in [0.2, 0.25) is 0 Å². The van der Waals surface area contributed by atoms with E-state index in [1.807, 2.05) is 41.5 Å². The van der Waals surface area contributed by atoms with Crippen molar-refractivity contribution < 1.29 is 4.74 Å². The molecule has 0 aromatic rings. The summed E-state index contributed by atoms with van der Waals surface area (Å²) in [6, 6.07) is 1.02. The summed E-state index contributed by atoms with van der Waals surface area (Å²) >= 11 is 0. The normalized spacial score (nSPS) is 15.0. The lowest BCUT2D eigenvalue weighted by Gasteiger charge is -2.29. The van der Waals surface area contributed by atoms with Crippen molar-refractivity contribution in [1.82, 2.24) is 4.90 Å². The smallest absolute Gasteiger partial charge is 0.0594 e. The van der Waals surface area contributed by atoms with Gasteiger partial charge in [-0.3, -0.25) is 4.90 Å². The molecule has 108 valence electrons. The molecule has 1 aliphatic rings. The van der Waals surface area contributed by atoms with E-state index in [-0.39, 0.29) is 0 Å². The summed E-state index contributed by atoms with van der Waals surface area (Å²) in [4.78, 5) is 2.43. The van der Waals surface area contributed by atoms with Crippen LogP contribution in [0.1, 0.15) is 55.4 Å². The minimum atomic E-state index is 0.333. The maximum Gasteiger partial charge on any atom is 0.0594 e. The summed E-state index contributed by atoms with van der Waals surface area (Å²) in [5, 5.41) is 0. The van der Waals surface area contributed by atoms with Gasteiger partial charge in [-0.1, -0.05) is 41.5 Å². The molecular formula is C14H36N2O. The molecule has 2 N–H and O–H groups in total. The van der Waals surface area contributed by atoms with Crippen molar-refractivity contribution in [3.8, 4) is 0 Å². The van der Waals surface area contributed by atoms with Gasteiger partial charge in [0.25, 0.3) is 0 Å². The van der Waals surface area contributed by atoms with E-state index >= 15 is 0 Å². The molecule has 0 bridgehead atoms. The van der Waals surface area contributed by atoms with Crippen LogP contribution in [-0.2, 0) is 4.74 Å². The van der Waals surface area contributed by atoms with Gasteiger partial charge < -0.3 is 10.5 Å². The van der Waals surface area contributed by atoms with E-state index in [2.05, 4.69) is 18.7 Å². The van der Waals surface area contributed by atoms with Crippen LogP contribution in [0.15, 0.2) is 0 Å². The standard InChI is InChI=1S/C7H15NO.C3H9N.2C2H6/c1-7(2)8-3-5-9-6-4-8;1-3(2)4;2*1-2/h7H,3-6H2,1-2H3;3H,4H2,1-2H3;2*1-2H3. The summed E-state index contributed by atoms with van der Waals surface area (Å²) in [6.07, 6.45) is 0. The first-order chi connectivity index (χ1) is 8.04. The number of rotatable bonds is 1. The van der Waals surface area contributed by atoms with Crippen molar-refractivity contribution in [3.63, 3.8) is 0 Å². The van der Waals surface area contributed by atoms with Gasteiger partial charge in [0.15, 0.2) is 0 Å². The van der Waals surface area contributed by atoms with Crippen molar-refractivity contribution in [1.29, 1.82) is 0 Å². The zero-order valence-electron chi connectivity index (χ0n) is 13.4. The molecule has 0 aromatic heterocycles. The third kappa shape index (κ3) is 21.7. The van der Waals surface area contributed by atoms with Gasteiger partial charge in [0.1, 0.15) is 0 Å². The zero-order valence-corrected chi connectivity index (χ0v) is 13.4. The molecule has 0 atom stereocenters. The van der Waals surface area contributed by atoms with E-state index in [0.717, 1.165) is 26.3 Å². The molecule has 0 saturated carbocycles. The topological polar surface area (TPSA) is 38.5 Å². The molecule has 3 heteroatoms. The van der Waals surface area contributed by atoms with Crippen molar-refractivity contribution in [2.75, 3.05) is 26.3 Å². The Kier molecular flexibility index (Phi) is 23.7. The first-order valence-corrected chi connectivity index (χ1v) is 7.11. The zero-order chi connectivity index (χ0) is 14.3. The van der Waals surface area contributed by atoms with E-state index in [1.165, 1.54) is 0 Å². The molecule has 1 saturated heterocycles. The van der Waals surface area contributed by atoms with E-state index in [0.29, 0.717) is 12.1 Å². The van der Waals surface area contributed by atoms with Crippen LogP contribution in [0.4, 0.5) is 0 Å². The Labute approximate surface area is 110 Å². The van der Waals surface area contributed by atoms with Crippen LogP contribution in [0, 0.1) is 0 Å². The second-order valence-electron chi connectivity index (χ2n) is 3.99. The molecule has 1 rings (SSSR count).